The third-order valence-corrected chi connectivity index (χ3v) is 6.01. The van der Waals surface area contributed by atoms with Crippen LogP contribution in [-0.2, 0) is 11.2 Å². The zero-order valence-electron chi connectivity index (χ0n) is 14.8. The van der Waals surface area contributed by atoms with Gasteiger partial charge in [0.1, 0.15) is 0 Å². The van der Waals surface area contributed by atoms with E-state index in [2.05, 4.69) is 17.6 Å². The largest absolute Gasteiger partial charge is 0.354 e. The molecule has 2 fully saturated rings. The highest BCUT2D eigenvalue weighted by atomic mass is 35.5. The standard InChI is InChI=1S/C18H27N3O2S.ClH/c1-2-14-7-10-24-16(14)18(23)21-9-4-5-13(12-21)11-20-17(22)15-6-3-8-19-15;/h7,10,13,15,19H,2-6,8-9,11-12H2,1H3,(H,20,22);1H. The number of hydrogen-bond donors (Lipinski definition) is 2. The predicted molar refractivity (Wildman–Crippen MR) is 104 cm³/mol. The van der Waals surface area contributed by atoms with Crippen LogP contribution in [0, 0.1) is 5.92 Å². The Balaban J connectivity index is 0.00000225. The summed E-state index contributed by atoms with van der Waals surface area (Å²) in [5, 5.41) is 8.30. The number of nitrogens with one attached hydrogen (secondary N) is 2. The fourth-order valence-corrected chi connectivity index (χ4v) is 4.60. The third kappa shape index (κ3) is 4.96. The lowest BCUT2D eigenvalue weighted by Gasteiger charge is -2.33. The van der Waals surface area contributed by atoms with Crippen LogP contribution in [0.2, 0.25) is 0 Å². The van der Waals surface area contributed by atoms with Gasteiger partial charge in [-0.05, 0) is 61.6 Å². The third-order valence-electron chi connectivity index (χ3n) is 5.07. The Morgan fingerprint density at radius 3 is 2.92 bits per heavy atom. The molecular weight excluding hydrogens is 358 g/mol. The molecule has 1 aromatic heterocycles. The molecule has 2 amide bonds. The molecule has 5 nitrogen and oxygen atoms in total. The first kappa shape index (κ1) is 20.2. The average Bonchev–Trinajstić information content (AvgIpc) is 3.30. The second-order valence-corrected chi connectivity index (χ2v) is 7.70. The highest BCUT2D eigenvalue weighted by Gasteiger charge is 2.28. The van der Waals surface area contributed by atoms with Crippen molar-refractivity contribution < 1.29 is 9.59 Å². The number of amides is 2. The zero-order valence-corrected chi connectivity index (χ0v) is 16.4. The quantitative estimate of drug-likeness (QED) is 0.818. The maximum atomic E-state index is 12.8. The molecule has 2 saturated heterocycles. The first-order valence-corrected chi connectivity index (χ1v) is 9.93. The van der Waals surface area contributed by atoms with Gasteiger partial charge >= 0.3 is 0 Å². The van der Waals surface area contributed by atoms with E-state index in [9.17, 15) is 9.59 Å². The molecule has 0 aliphatic carbocycles. The second kappa shape index (κ2) is 9.55. The van der Waals surface area contributed by atoms with Gasteiger partial charge in [-0.1, -0.05) is 6.92 Å². The normalized spacial score (nSPS) is 23.2. The maximum absolute atomic E-state index is 12.8. The van der Waals surface area contributed by atoms with Crippen LogP contribution in [0.15, 0.2) is 11.4 Å². The number of aryl methyl sites for hydroxylation is 1. The Morgan fingerprint density at radius 1 is 1.36 bits per heavy atom. The Kier molecular flexibility index (Phi) is 7.72. The van der Waals surface area contributed by atoms with E-state index in [-0.39, 0.29) is 30.3 Å². The van der Waals surface area contributed by atoms with Crippen LogP contribution in [0.4, 0.5) is 0 Å². The van der Waals surface area contributed by atoms with Crippen molar-refractivity contribution in [3.8, 4) is 0 Å². The van der Waals surface area contributed by atoms with Gasteiger partial charge in [0.15, 0.2) is 0 Å². The molecule has 3 rings (SSSR count). The first-order chi connectivity index (χ1) is 11.7. The van der Waals surface area contributed by atoms with Gasteiger partial charge in [-0.25, -0.2) is 0 Å². The molecular formula is C18H28ClN3O2S. The van der Waals surface area contributed by atoms with Crippen molar-refractivity contribution in [1.82, 2.24) is 15.5 Å². The van der Waals surface area contributed by atoms with Crippen LogP contribution in [-0.4, -0.2) is 48.9 Å². The number of thiophene rings is 1. The van der Waals surface area contributed by atoms with Crippen molar-refractivity contribution in [2.45, 2.75) is 45.1 Å². The van der Waals surface area contributed by atoms with Crippen molar-refractivity contribution in [3.63, 3.8) is 0 Å². The topological polar surface area (TPSA) is 61.4 Å². The highest BCUT2D eigenvalue weighted by molar-refractivity contribution is 7.12. The Hall–Kier alpha value is -1.11. The number of rotatable bonds is 5. The fourth-order valence-electron chi connectivity index (χ4n) is 3.64. The van der Waals surface area contributed by atoms with Crippen LogP contribution in [0.25, 0.3) is 0 Å². The SMILES string of the molecule is CCc1ccsc1C(=O)N1CCCC(CNC(=O)C2CCCN2)C1.Cl. The van der Waals surface area contributed by atoms with Gasteiger partial charge in [0.2, 0.25) is 5.91 Å². The molecule has 0 radical (unpaired) electrons. The molecule has 3 heterocycles. The molecule has 1 aromatic rings. The molecule has 0 saturated carbocycles. The summed E-state index contributed by atoms with van der Waals surface area (Å²) in [4.78, 5) is 27.8. The van der Waals surface area contributed by atoms with Crippen molar-refractivity contribution in [1.29, 1.82) is 0 Å². The molecule has 2 aliphatic rings. The van der Waals surface area contributed by atoms with E-state index in [1.54, 1.807) is 11.3 Å². The smallest absolute Gasteiger partial charge is 0.264 e. The van der Waals surface area contributed by atoms with E-state index >= 15 is 0 Å². The average molecular weight is 386 g/mol. The van der Waals surface area contributed by atoms with Gasteiger partial charge in [-0.3, -0.25) is 9.59 Å². The van der Waals surface area contributed by atoms with Crippen molar-refractivity contribution in [3.05, 3.63) is 21.9 Å². The number of piperidine rings is 1. The minimum absolute atomic E-state index is 0. The van der Waals surface area contributed by atoms with E-state index in [4.69, 9.17) is 0 Å². The Bertz CT molecular complexity index is 587. The van der Waals surface area contributed by atoms with Gasteiger partial charge in [-0.15, -0.1) is 23.7 Å². The molecule has 25 heavy (non-hydrogen) atoms. The van der Waals surface area contributed by atoms with E-state index < -0.39 is 0 Å². The first-order valence-electron chi connectivity index (χ1n) is 9.05. The summed E-state index contributed by atoms with van der Waals surface area (Å²) in [6.07, 6.45) is 4.99. The number of nitrogens with zero attached hydrogens (tertiary/aromatic N) is 1. The van der Waals surface area contributed by atoms with E-state index in [0.717, 1.165) is 62.2 Å². The van der Waals surface area contributed by atoms with Crippen molar-refractivity contribution >= 4 is 35.6 Å². The van der Waals surface area contributed by atoms with Crippen LogP contribution < -0.4 is 10.6 Å². The summed E-state index contributed by atoms with van der Waals surface area (Å²) in [6, 6.07) is 2.03. The number of likely N-dealkylation sites (tertiary alicyclic amines) is 1. The number of hydrogen-bond acceptors (Lipinski definition) is 4. The van der Waals surface area contributed by atoms with Gasteiger partial charge in [0.05, 0.1) is 10.9 Å². The number of halogens is 1. The van der Waals surface area contributed by atoms with Crippen LogP contribution in [0.1, 0.15) is 47.8 Å². The molecule has 2 atom stereocenters. The summed E-state index contributed by atoms with van der Waals surface area (Å²) in [7, 11) is 0. The number of carbonyl (C=O) groups is 2. The summed E-state index contributed by atoms with van der Waals surface area (Å²) >= 11 is 1.54. The second-order valence-electron chi connectivity index (χ2n) is 6.78. The van der Waals surface area contributed by atoms with Crippen LogP contribution >= 0.6 is 23.7 Å². The number of carbonyl (C=O) groups excluding carboxylic acids is 2. The van der Waals surface area contributed by atoms with Gasteiger partial charge in [0, 0.05) is 19.6 Å². The molecule has 0 bridgehead atoms. The van der Waals surface area contributed by atoms with Gasteiger partial charge in [0.25, 0.3) is 5.91 Å². The van der Waals surface area contributed by atoms with E-state index in [0.29, 0.717) is 12.5 Å². The summed E-state index contributed by atoms with van der Waals surface area (Å²) in [6.45, 7) is 5.27. The molecule has 2 N–H and O–H groups in total. The maximum Gasteiger partial charge on any atom is 0.264 e. The van der Waals surface area contributed by atoms with Crippen molar-refractivity contribution in [2.75, 3.05) is 26.2 Å². The summed E-state index contributed by atoms with van der Waals surface area (Å²) in [5.41, 5.74) is 1.15. The summed E-state index contributed by atoms with van der Waals surface area (Å²) < 4.78 is 0. The lowest BCUT2D eigenvalue weighted by molar-refractivity contribution is -0.123. The Morgan fingerprint density at radius 2 is 2.20 bits per heavy atom. The zero-order chi connectivity index (χ0) is 16.9. The van der Waals surface area contributed by atoms with E-state index in [1.165, 1.54) is 0 Å². The molecule has 0 aromatic carbocycles. The molecule has 2 aliphatic heterocycles. The summed E-state index contributed by atoms with van der Waals surface area (Å²) in [5.74, 6) is 0.635. The highest BCUT2D eigenvalue weighted by Crippen LogP contribution is 2.23. The lowest BCUT2D eigenvalue weighted by Crippen LogP contribution is -2.46. The molecule has 0 spiro atoms. The predicted octanol–water partition coefficient (Wildman–Crippen LogP) is 2.45. The lowest BCUT2D eigenvalue weighted by atomic mass is 9.97. The monoisotopic (exact) mass is 385 g/mol. The molecule has 2 unspecified atom stereocenters. The van der Waals surface area contributed by atoms with E-state index in [1.807, 2.05) is 16.3 Å². The van der Waals surface area contributed by atoms with Crippen LogP contribution in [0.5, 0.6) is 0 Å². The van der Waals surface area contributed by atoms with Crippen molar-refractivity contribution in [2.24, 2.45) is 5.92 Å². The van der Waals surface area contributed by atoms with Gasteiger partial charge < -0.3 is 15.5 Å². The molecule has 7 heteroatoms. The minimum atomic E-state index is -0.0236. The fraction of sp³-hybridized carbons (Fsp3) is 0.667. The minimum Gasteiger partial charge on any atom is -0.354 e. The molecule has 140 valence electrons. The van der Waals surface area contributed by atoms with Crippen LogP contribution in [0.3, 0.4) is 0 Å². The Labute approximate surface area is 160 Å². The van der Waals surface area contributed by atoms with Gasteiger partial charge in [-0.2, -0.15) is 0 Å².